The van der Waals surface area contributed by atoms with Gasteiger partial charge in [-0.3, -0.25) is 4.90 Å². The molecule has 0 spiro atoms. The number of benzene rings is 1. The number of nitrogens with zero attached hydrogens (tertiary/aromatic N) is 2. The summed E-state index contributed by atoms with van der Waals surface area (Å²) >= 11 is 0. The lowest BCUT2D eigenvalue weighted by atomic mass is 10.0. The van der Waals surface area contributed by atoms with E-state index in [2.05, 4.69) is 41.3 Å². The molecule has 1 atom stereocenters. The summed E-state index contributed by atoms with van der Waals surface area (Å²) < 4.78 is 10.9. The fraction of sp³-hybridized carbons (Fsp3) is 0.600. The Morgan fingerprint density at radius 3 is 2.70 bits per heavy atom. The van der Waals surface area contributed by atoms with Crippen molar-refractivity contribution in [3.8, 4) is 11.5 Å². The summed E-state index contributed by atoms with van der Waals surface area (Å²) in [6.07, 6.45) is 0. The molecule has 1 aromatic rings. The first kappa shape index (κ1) is 13.7. The van der Waals surface area contributed by atoms with E-state index in [9.17, 15) is 0 Å². The van der Waals surface area contributed by atoms with Crippen molar-refractivity contribution in [2.75, 3.05) is 53.6 Å². The van der Waals surface area contributed by atoms with Crippen molar-refractivity contribution < 1.29 is 9.47 Å². The zero-order chi connectivity index (χ0) is 13.9. The third-order valence-electron chi connectivity index (χ3n) is 3.91. The average Bonchev–Trinajstić information content (AvgIpc) is 2.93. The monoisotopic (exact) mass is 277 g/mol. The van der Waals surface area contributed by atoms with E-state index in [-0.39, 0.29) is 0 Å². The van der Waals surface area contributed by atoms with Crippen LogP contribution in [0.15, 0.2) is 18.2 Å². The van der Waals surface area contributed by atoms with E-state index in [1.807, 2.05) is 6.07 Å². The van der Waals surface area contributed by atoms with Gasteiger partial charge in [0.2, 0.25) is 6.79 Å². The maximum Gasteiger partial charge on any atom is 0.231 e. The summed E-state index contributed by atoms with van der Waals surface area (Å²) in [5, 5.41) is 3.42. The van der Waals surface area contributed by atoms with E-state index in [1.165, 1.54) is 5.56 Å². The first-order chi connectivity index (χ1) is 9.74. The first-order valence-electron chi connectivity index (χ1n) is 7.23. The molecule has 0 bridgehead atoms. The van der Waals surface area contributed by atoms with Gasteiger partial charge >= 0.3 is 0 Å². The lowest BCUT2D eigenvalue weighted by molar-refractivity contribution is 0.144. The number of fused-ring (bicyclic) bond motifs is 1. The fourth-order valence-corrected chi connectivity index (χ4v) is 2.89. The van der Waals surface area contributed by atoms with Crippen LogP contribution in [-0.4, -0.2) is 63.4 Å². The molecule has 1 fully saturated rings. The van der Waals surface area contributed by atoms with Gasteiger partial charge in [0.25, 0.3) is 0 Å². The minimum absolute atomic E-state index is 0.338. The van der Waals surface area contributed by atoms with Crippen LogP contribution in [0.25, 0.3) is 0 Å². The molecule has 5 heteroatoms. The van der Waals surface area contributed by atoms with Crippen LogP contribution in [0.1, 0.15) is 11.6 Å². The van der Waals surface area contributed by atoms with Crippen LogP contribution in [-0.2, 0) is 0 Å². The van der Waals surface area contributed by atoms with Gasteiger partial charge in [-0.05, 0) is 31.8 Å². The summed E-state index contributed by atoms with van der Waals surface area (Å²) in [4.78, 5) is 4.80. The third-order valence-corrected chi connectivity index (χ3v) is 3.91. The van der Waals surface area contributed by atoms with Crippen molar-refractivity contribution in [2.24, 2.45) is 0 Å². The highest BCUT2D eigenvalue weighted by Crippen LogP contribution is 2.35. The van der Waals surface area contributed by atoms with Crippen molar-refractivity contribution >= 4 is 0 Å². The summed E-state index contributed by atoms with van der Waals surface area (Å²) in [6, 6.07) is 6.74. The van der Waals surface area contributed by atoms with E-state index in [1.54, 1.807) is 0 Å². The van der Waals surface area contributed by atoms with Crippen LogP contribution < -0.4 is 14.8 Å². The van der Waals surface area contributed by atoms with Gasteiger partial charge in [-0.25, -0.2) is 0 Å². The summed E-state index contributed by atoms with van der Waals surface area (Å²) in [5.41, 5.74) is 1.31. The topological polar surface area (TPSA) is 37.0 Å². The minimum atomic E-state index is 0.338. The van der Waals surface area contributed by atoms with Crippen LogP contribution in [0.4, 0.5) is 0 Å². The molecule has 0 aromatic heterocycles. The van der Waals surface area contributed by atoms with E-state index in [4.69, 9.17) is 9.47 Å². The predicted molar refractivity (Wildman–Crippen MR) is 78.3 cm³/mol. The lowest BCUT2D eigenvalue weighted by Gasteiger charge is -2.36. The molecule has 2 aliphatic rings. The molecule has 110 valence electrons. The highest BCUT2D eigenvalue weighted by atomic mass is 16.7. The number of hydrogen-bond acceptors (Lipinski definition) is 5. The summed E-state index contributed by atoms with van der Waals surface area (Å²) in [6.45, 7) is 5.66. The Morgan fingerprint density at radius 1 is 1.20 bits per heavy atom. The second-order valence-corrected chi connectivity index (χ2v) is 5.68. The largest absolute Gasteiger partial charge is 0.454 e. The molecule has 1 aromatic carbocycles. The molecular formula is C15H23N3O2. The van der Waals surface area contributed by atoms with Crippen molar-refractivity contribution in [2.45, 2.75) is 6.04 Å². The first-order valence-corrected chi connectivity index (χ1v) is 7.23. The molecule has 20 heavy (non-hydrogen) atoms. The van der Waals surface area contributed by atoms with Gasteiger partial charge in [-0.15, -0.1) is 0 Å². The van der Waals surface area contributed by atoms with Crippen molar-refractivity contribution in [3.63, 3.8) is 0 Å². The van der Waals surface area contributed by atoms with Gasteiger partial charge in [-0.1, -0.05) is 6.07 Å². The van der Waals surface area contributed by atoms with Crippen molar-refractivity contribution in [1.82, 2.24) is 15.1 Å². The maximum absolute atomic E-state index is 5.51. The van der Waals surface area contributed by atoms with E-state index in [0.717, 1.165) is 44.2 Å². The van der Waals surface area contributed by atoms with Crippen molar-refractivity contribution in [1.29, 1.82) is 0 Å². The Kier molecular flexibility index (Phi) is 4.10. The molecule has 2 aliphatic heterocycles. The highest BCUT2D eigenvalue weighted by molar-refractivity contribution is 5.45. The van der Waals surface area contributed by atoms with Gasteiger partial charge in [0.1, 0.15) is 0 Å². The second-order valence-electron chi connectivity index (χ2n) is 5.68. The standard InChI is InChI=1S/C15H23N3O2/c1-17(2)10-13(18-7-5-16-6-8-18)12-3-4-14-15(9-12)20-11-19-14/h3-4,9,13,16H,5-8,10-11H2,1-2H3. The second kappa shape index (κ2) is 5.99. The number of nitrogens with one attached hydrogen (secondary N) is 1. The molecule has 3 rings (SSSR count). The van der Waals surface area contributed by atoms with Crippen LogP contribution >= 0.6 is 0 Å². The number of rotatable bonds is 4. The van der Waals surface area contributed by atoms with Gasteiger partial charge in [-0.2, -0.15) is 0 Å². The molecular weight excluding hydrogens is 254 g/mol. The molecule has 0 amide bonds. The Bertz CT molecular complexity index is 458. The SMILES string of the molecule is CN(C)CC(c1ccc2c(c1)OCO2)N1CCNCC1. The molecule has 0 radical (unpaired) electrons. The smallest absolute Gasteiger partial charge is 0.231 e. The lowest BCUT2D eigenvalue weighted by Crippen LogP contribution is -2.47. The molecule has 1 saturated heterocycles. The normalized spacial score (nSPS) is 20.4. The van der Waals surface area contributed by atoms with Crippen LogP contribution in [0, 0.1) is 0 Å². The van der Waals surface area contributed by atoms with Gasteiger partial charge < -0.3 is 19.7 Å². The number of likely N-dealkylation sites (N-methyl/N-ethyl adjacent to an activating group) is 1. The van der Waals surface area contributed by atoms with E-state index in [0.29, 0.717) is 12.8 Å². The minimum Gasteiger partial charge on any atom is -0.454 e. The number of hydrogen-bond donors (Lipinski definition) is 1. The quantitative estimate of drug-likeness (QED) is 0.886. The van der Waals surface area contributed by atoms with Crippen LogP contribution in [0.2, 0.25) is 0 Å². The Hall–Kier alpha value is -1.30. The van der Waals surface area contributed by atoms with E-state index >= 15 is 0 Å². The highest BCUT2D eigenvalue weighted by Gasteiger charge is 2.24. The molecule has 0 aliphatic carbocycles. The predicted octanol–water partition coefficient (Wildman–Crippen LogP) is 0.923. The Labute approximate surface area is 120 Å². The zero-order valence-electron chi connectivity index (χ0n) is 12.3. The average molecular weight is 277 g/mol. The summed E-state index contributed by atoms with van der Waals surface area (Å²) in [7, 11) is 4.25. The van der Waals surface area contributed by atoms with Gasteiger partial charge in [0.05, 0.1) is 0 Å². The molecule has 2 heterocycles. The number of piperazine rings is 1. The molecule has 1 unspecified atom stereocenters. The third kappa shape index (κ3) is 2.90. The molecule has 1 N–H and O–H groups in total. The van der Waals surface area contributed by atoms with Crippen LogP contribution in [0.5, 0.6) is 11.5 Å². The molecule has 0 saturated carbocycles. The Balaban J connectivity index is 1.83. The van der Waals surface area contributed by atoms with Gasteiger partial charge in [0, 0.05) is 38.8 Å². The zero-order valence-corrected chi connectivity index (χ0v) is 12.3. The van der Waals surface area contributed by atoms with Crippen molar-refractivity contribution in [3.05, 3.63) is 23.8 Å². The number of ether oxygens (including phenoxy) is 2. The van der Waals surface area contributed by atoms with Gasteiger partial charge in [0.15, 0.2) is 11.5 Å². The maximum atomic E-state index is 5.51. The molecule has 5 nitrogen and oxygen atoms in total. The van der Waals surface area contributed by atoms with E-state index < -0.39 is 0 Å². The Morgan fingerprint density at radius 2 is 1.95 bits per heavy atom. The van der Waals surface area contributed by atoms with Crippen LogP contribution in [0.3, 0.4) is 0 Å². The summed E-state index contributed by atoms with van der Waals surface area (Å²) in [5.74, 6) is 1.74. The fourth-order valence-electron chi connectivity index (χ4n) is 2.89.